The highest BCUT2D eigenvalue weighted by atomic mass is 35.5. The molecule has 1 fully saturated rings. The maximum Gasteiger partial charge on any atom is 0.291 e. The highest BCUT2D eigenvalue weighted by molar-refractivity contribution is 6.35. The molecule has 2 amide bonds. The highest BCUT2D eigenvalue weighted by Gasteiger charge is 2.45. The summed E-state index contributed by atoms with van der Waals surface area (Å²) in [5, 5.41) is 6.92. The fraction of sp³-hybridized carbons (Fsp3) is 0.224. The summed E-state index contributed by atoms with van der Waals surface area (Å²) in [5.74, 6) is -1.30. The summed E-state index contributed by atoms with van der Waals surface area (Å²) in [4.78, 5) is 46.2. The first kappa shape index (κ1) is 44.9. The largest absolute Gasteiger partial charge is 0.493 e. The van der Waals surface area contributed by atoms with Crippen molar-refractivity contribution in [1.82, 2.24) is 14.5 Å². The Labute approximate surface area is 384 Å². The van der Waals surface area contributed by atoms with Gasteiger partial charge in [-0.25, -0.2) is 4.98 Å². The number of nitrogens with zero attached hydrogens (tertiary/aromatic N) is 3. The zero-order valence-corrected chi connectivity index (χ0v) is 37.2. The predicted octanol–water partition coefficient (Wildman–Crippen LogP) is 8.84. The van der Waals surface area contributed by atoms with Gasteiger partial charge in [0.2, 0.25) is 5.79 Å². The lowest BCUT2D eigenvalue weighted by molar-refractivity contribution is -0.189. The smallest absolute Gasteiger partial charge is 0.291 e. The topological polar surface area (TPSA) is 156 Å². The van der Waals surface area contributed by atoms with E-state index < -0.39 is 17.6 Å². The average Bonchev–Trinajstić information content (AvgIpc) is 3.98. The molecule has 0 unspecified atom stereocenters. The third-order valence-electron chi connectivity index (χ3n) is 10.8. The number of nitrogens with one attached hydrogen (secondary N) is 2. The lowest BCUT2D eigenvalue weighted by atomic mass is 10.1. The van der Waals surface area contributed by atoms with Gasteiger partial charge in [-0.05, 0) is 79.2 Å². The zero-order valence-electron chi connectivity index (χ0n) is 35.7. The molecule has 0 saturated carbocycles. The summed E-state index contributed by atoms with van der Waals surface area (Å²) >= 11 is 12.8. The number of fused-ring (bicyclic) bond motifs is 1. The van der Waals surface area contributed by atoms with Crippen LogP contribution in [0.4, 0.5) is 11.4 Å². The van der Waals surface area contributed by atoms with E-state index in [1.54, 1.807) is 48.9 Å². The number of amides is 2. The maximum absolute atomic E-state index is 13.7. The molecular formula is C49H45Cl2N5O9. The minimum Gasteiger partial charge on any atom is -0.493 e. The second kappa shape index (κ2) is 20.0. The average molecular weight is 919 g/mol. The Bertz CT molecular complexity index is 2870. The minimum absolute atomic E-state index is 0.100. The van der Waals surface area contributed by atoms with Crippen LogP contribution in [0.15, 0.2) is 137 Å². The van der Waals surface area contributed by atoms with Crippen LogP contribution in [0.2, 0.25) is 10.0 Å². The summed E-state index contributed by atoms with van der Waals surface area (Å²) in [6, 6.07) is 31.5. The molecule has 3 heterocycles. The van der Waals surface area contributed by atoms with Crippen molar-refractivity contribution >= 4 is 57.4 Å². The molecule has 1 saturated heterocycles. The summed E-state index contributed by atoms with van der Waals surface area (Å²) in [5.41, 5.74) is 3.50. The van der Waals surface area contributed by atoms with Crippen LogP contribution in [-0.4, -0.2) is 73.4 Å². The van der Waals surface area contributed by atoms with Crippen LogP contribution in [-0.2, 0) is 34.8 Å². The van der Waals surface area contributed by atoms with Crippen LogP contribution >= 0.6 is 23.2 Å². The van der Waals surface area contributed by atoms with Crippen molar-refractivity contribution in [3.63, 3.8) is 0 Å². The number of anilines is 2. The van der Waals surface area contributed by atoms with Crippen molar-refractivity contribution in [1.29, 1.82) is 0 Å². The quantitative estimate of drug-likeness (QED) is 0.0900. The van der Waals surface area contributed by atoms with Crippen molar-refractivity contribution in [2.45, 2.75) is 31.4 Å². The number of aromatic nitrogens is 2. The molecule has 2 atom stereocenters. The molecule has 1 aliphatic heterocycles. The Morgan fingerprint density at radius 1 is 0.892 bits per heavy atom. The van der Waals surface area contributed by atoms with E-state index in [0.717, 1.165) is 35.9 Å². The van der Waals surface area contributed by atoms with Gasteiger partial charge < -0.3 is 48.2 Å². The van der Waals surface area contributed by atoms with Crippen molar-refractivity contribution < 1.29 is 37.7 Å². The number of imidazole rings is 1. The van der Waals surface area contributed by atoms with Gasteiger partial charge >= 0.3 is 0 Å². The lowest BCUT2D eigenvalue weighted by Crippen LogP contribution is -2.34. The van der Waals surface area contributed by atoms with Gasteiger partial charge in [0.1, 0.15) is 24.0 Å². The van der Waals surface area contributed by atoms with E-state index in [9.17, 15) is 14.4 Å². The van der Waals surface area contributed by atoms with Gasteiger partial charge in [-0.3, -0.25) is 14.4 Å². The molecule has 7 aromatic rings. The molecular weight excluding hydrogens is 873 g/mol. The van der Waals surface area contributed by atoms with Gasteiger partial charge in [0, 0.05) is 53.9 Å². The number of hydrogen-bond donors (Lipinski definition) is 2. The second-order valence-electron chi connectivity index (χ2n) is 15.4. The third kappa shape index (κ3) is 10.7. The molecule has 0 radical (unpaired) electrons. The molecule has 0 spiro atoms. The monoisotopic (exact) mass is 917 g/mol. The van der Waals surface area contributed by atoms with Gasteiger partial charge in [0.15, 0.2) is 22.7 Å². The Kier molecular flexibility index (Phi) is 13.8. The van der Waals surface area contributed by atoms with E-state index in [-0.39, 0.29) is 52.2 Å². The lowest BCUT2D eigenvalue weighted by Gasteiger charge is -2.30. The molecule has 0 bridgehead atoms. The number of ether oxygens (including phenoxy) is 5. The fourth-order valence-electron chi connectivity index (χ4n) is 7.53. The highest BCUT2D eigenvalue weighted by Crippen LogP contribution is 2.41. The second-order valence-corrected chi connectivity index (χ2v) is 16.3. The molecule has 5 aromatic carbocycles. The fourth-order valence-corrected chi connectivity index (χ4v) is 8.08. The first-order valence-corrected chi connectivity index (χ1v) is 21.4. The number of rotatable bonds is 17. The molecule has 0 aliphatic carbocycles. The molecule has 65 heavy (non-hydrogen) atoms. The summed E-state index contributed by atoms with van der Waals surface area (Å²) in [7, 11) is 4.95. The van der Waals surface area contributed by atoms with Gasteiger partial charge in [0.25, 0.3) is 11.8 Å². The molecule has 1 aliphatic rings. The maximum atomic E-state index is 13.7. The van der Waals surface area contributed by atoms with Crippen molar-refractivity contribution in [2.24, 2.45) is 0 Å². The Morgan fingerprint density at radius 3 is 2.46 bits per heavy atom. The van der Waals surface area contributed by atoms with Crippen LogP contribution in [0.1, 0.15) is 37.6 Å². The van der Waals surface area contributed by atoms with E-state index in [2.05, 4.69) is 33.6 Å². The minimum atomic E-state index is -1.14. The predicted molar refractivity (Wildman–Crippen MR) is 248 cm³/mol. The van der Waals surface area contributed by atoms with E-state index >= 15 is 0 Å². The van der Waals surface area contributed by atoms with Crippen LogP contribution in [0.5, 0.6) is 17.2 Å². The number of benzene rings is 5. The number of carbonyl (C=O) groups is 2. The first-order valence-electron chi connectivity index (χ1n) is 20.6. The molecule has 16 heteroatoms. The van der Waals surface area contributed by atoms with Gasteiger partial charge in [-0.15, -0.1) is 0 Å². The summed E-state index contributed by atoms with van der Waals surface area (Å²) in [6.07, 6.45) is 5.64. The Hall–Kier alpha value is -6.68. The summed E-state index contributed by atoms with van der Waals surface area (Å²) < 4.78 is 37.6. The molecule has 8 rings (SSSR count). The number of carbonyl (C=O) groups excluding carboxylic acids is 2. The number of methoxy groups -OCH3 is 2. The SMILES string of the molecule is COc1cc(NC(=O)c2cc(=O)c3ccccc3o2)c(C(=O)Nc2ccc(CCN(C)Cc3cccc(OC[C@@H]4CO[C@@](Cn5ccnc5)(c5ccc(Cl)cc5Cl)O4)c3)cc2)cc1OC. The Morgan fingerprint density at radius 2 is 1.69 bits per heavy atom. The van der Waals surface area contributed by atoms with Crippen LogP contribution < -0.4 is 30.3 Å². The van der Waals surface area contributed by atoms with Crippen molar-refractivity contribution in [2.75, 3.05) is 51.7 Å². The molecule has 2 aromatic heterocycles. The van der Waals surface area contributed by atoms with E-state index in [1.807, 2.05) is 59.3 Å². The summed E-state index contributed by atoms with van der Waals surface area (Å²) in [6.45, 7) is 2.37. The van der Waals surface area contributed by atoms with E-state index in [4.69, 9.17) is 51.3 Å². The number of para-hydroxylation sites is 1. The van der Waals surface area contributed by atoms with E-state index in [0.29, 0.717) is 46.4 Å². The number of likely N-dealkylation sites (N-methyl/N-ethyl adjacent to an activating group) is 1. The van der Waals surface area contributed by atoms with Gasteiger partial charge in [0.05, 0.1) is 55.4 Å². The van der Waals surface area contributed by atoms with Crippen LogP contribution in [0, 0.1) is 0 Å². The van der Waals surface area contributed by atoms with Crippen molar-refractivity contribution in [3.8, 4) is 17.2 Å². The first-order chi connectivity index (χ1) is 31.5. The van der Waals surface area contributed by atoms with Gasteiger partial charge in [-0.2, -0.15) is 0 Å². The van der Waals surface area contributed by atoms with Crippen LogP contribution in [0.3, 0.4) is 0 Å². The number of hydrogen-bond acceptors (Lipinski definition) is 11. The normalized spacial score (nSPS) is 15.8. The van der Waals surface area contributed by atoms with Crippen LogP contribution in [0.25, 0.3) is 11.0 Å². The van der Waals surface area contributed by atoms with E-state index in [1.165, 1.54) is 26.4 Å². The molecule has 2 N–H and O–H groups in total. The number of halogens is 2. The molecule has 334 valence electrons. The zero-order chi connectivity index (χ0) is 45.5. The third-order valence-corrected chi connectivity index (χ3v) is 11.4. The van der Waals surface area contributed by atoms with Gasteiger partial charge in [-0.1, -0.05) is 65.7 Å². The van der Waals surface area contributed by atoms with Crippen molar-refractivity contribution in [3.05, 3.63) is 176 Å². The molecule has 14 nitrogen and oxygen atoms in total. The Balaban J connectivity index is 0.851. The standard InChI is InChI=1S/C49H45Cl2N5O9/c1-55(26-32-7-6-8-35(21-32)62-27-36-28-63-49(65-36,29-56-20-18-52-30-56)39-16-13-33(50)22-40(39)51)19-17-31-11-14-34(15-12-31)53-47(58)38-23-44(60-2)45(61-3)24-41(38)54-48(59)46-25-42(57)37-9-4-5-10-43(37)64-46/h4-16,18,20-25,30,36H,17,19,26-29H2,1-3H3,(H,53,58)(H,54,59)/t36-,49-/m1/s1.